The van der Waals surface area contributed by atoms with E-state index in [1.54, 1.807) is 0 Å². The van der Waals surface area contributed by atoms with Crippen LogP contribution in [-0.4, -0.2) is 11.6 Å². The Hall–Kier alpha value is -1.83. The number of ether oxygens (including phenoxy) is 1. The van der Waals surface area contributed by atoms with Crippen molar-refractivity contribution >= 4 is 11.5 Å². The number of rotatable bonds is 2. The fraction of sp³-hybridized carbons (Fsp3) is 0.353. The second-order valence-corrected chi connectivity index (χ2v) is 5.85. The first-order valence-corrected chi connectivity index (χ1v) is 6.56. The van der Waals surface area contributed by atoms with Crippen LogP contribution >= 0.6 is 0 Å². The highest BCUT2D eigenvalue weighted by molar-refractivity contribution is 5.85. The van der Waals surface area contributed by atoms with Crippen LogP contribution in [0.15, 0.2) is 42.0 Å². The first-order chi connectivity index (χ1) is 8.87. The second kappa shape index (κ2) is 5.04. The highest BCUT2D eigenvalue weighted by Gasteiger charge is 2.17. The summed E-state index contributed by atoms with van der Waals surface area (Å²) in [6, 6.07) is 8.35. The quantitative estimate of drug-likeness (QED) is 0.592. The van der Waals surface area contributed by atoms with Crippen LogP contribution in [0, 0.1) is 0 Å². The van der Waals surface area contributed by atoms with Crippen molar-refractivity contribution in [2.45, 2.75) is 39.7 Å². The number of benzene rings is 1. The second-order valence-electron chi connectivity index (χ2n) is 5.85. The average Bonchev–Trinajstić information content (AvgIpc) is 2.62. The molecule has 0 radical (unpaired) electrons. The van der Waals surface area contributed by atoms with Crippen LogP contribution in [0.25, 0.3) is 5.57 Å². The van der Waals surface area contributed by atoms with E-state index in [9.17, 15) is 4.79 Å². The van der Waals surface area contributed by atoms with Crippen LogP contribution in [0.3, 0.4) is 0 Å². The summed E-state index contributed by atoms with van der Waals surface area (Å²) in [5.74, 6) is -0.288. The van der Waals surface area contributed by atoms with Crippen LogP contribution in [-0.2, 0) is 16.0 Å². The zero-order chi connectivity index (χ0) is 14.0. The highest BCUT2D eigenvalue weighted by Crippen LogP contribution is 2.32. The van der Waals surface area contributed by atoms with Gasteiger partial charge in [-0.3, -0.25) is 0 Å². The Kier molecular flexibility index (Phi) is 3.61. The molecule has 19 heavy (non-hydrogen) atoms. The van der Waals surface area contributed by atoms with Crippen molar-refractivity contribution in [3.8, 4) is 0 Å². The summed E-state index contributed by atoms with van der Waals surface area (Å²) >= 11 is 0. The summed E-state index contributed by atoms with van der Waals surface area (Å²) in [6.07, 6.45) is 4.29. The Morgan fingerprint density at radius 3 is 2.58 bits per heavy atom. The first kappa shape index (κ1) is 13.6. The molecule has 0 N–H and O–H groups in total. The van der Waals surface area contributed by atoms with E-state index in [0.717, 1.165) is 6.42 Å². The first-order valence-electron chi connectivity index (χ1n) is 6.56. The molecule has 0 heterocycles. The van der Waals surface area contributed by atoms with E-state index < -0.39 is 5.60 Å². The summed E-state index contributed by atoms with van der Waals surface area (Å²) in [6.45, 7) is 7.71. The molecule has 2 nitrogen and oxygen atoms in total. The van der Waals surface area contributed by atoms with Crippen LogP contribution < -0.4 is 0 Å². The van der Waals surface area contributed by atoms with Gasteiger partial charge in [0, 0.05) is 6.08 Å². The van der Waals surface area contributed by atoms with E-state index in [2.05, 4.69) is 19.1 Å². The van der Waals surface area contributed by atoms with Crippen molar-refractivity contribution in [1.82, 2.24) is 0 Å². The lowest BCUT2D eigenvalue weighted by Gasteiger charge is -2.17. The number of hydrogen-bond acceptors (Lipinski definition) is 2. The third kappa shape index (κ3) is 3.34. The van der Waals surface area contributed by atoms with Crippen LogP contribution in [0.5, 0.6) is 0 Å². The number of fused-ring (bicyclic) bond motifs is 1. The van der Waals surface area contributed by atoms with Gasteiger partial charge >= 0.3 is 5.97 Å². The van der Waals surface area contributed by atoms with E-state index in [1.165, 1.54) is 28.3 Å². The standard InChI is InChI=1S/C17H20O2/c1-12-13(9-10-16(18)19-17(2,3)4)11-14-7-5-6-8-15(12)14/h5-10H,11H2,1-4H3/b10-9+. The van der Waals surface area contributed by atoms with Gasteiger partial charge in [0.25, 0.3) is 0 Å². The van der Waals surface area contributed by atoms with E-state index in [0.29, 0.717) is 0 Å². The molecular weight excluding hydrogens is 236 g/mol. The Morgan fingerprint density at radius 2 is 1.95 bits per heavy atom. The summed E-state index contributed by atoms with van der Waals surface area (Å²) in [7, 11) is 0. The Morgan fingerprint density at radius 1 is 1.26 bits per heavy atom. The van der Waals surface area contributed by atoms with Gasteiger partial charge in [-0.15, -0.1) is 0 Å². The molecule has 1 aliphatic carbocycles. The molecule has 0 unspecified atom stereocenters. The molecule has 0 amide bonds. The van der Waals surface area contributed by atoms with Gasteiger partial charge in [-0.2, -0.15) is 0 Å². The predicted molar refractivity (Wildman–Crippen MR) is 77.7 cm³/mol. The molecule has 0 spiro atoms. The maximum Gasteiger partial charge on any atom is 0.331 e. The number of esters is 1. The Labute approximate surface area is 114 Å². The maximum absolute atomic E-state index is 11.7. The maximum atomic E-state index is 11.7. The number of carbonyl (C=O) groups excluding carboxylic acids is 1. The Balaban J connectivity index is 2.10. The molecule has 2 heteroatoms. The fourth-order valence-electron chi connectivity index (χ4n) is 2.24. The van der Waals surface area contributed by atoms with Crippen molar-refractivity contribution in [3.63, 3.8) is 0 Å². The summed E-state index contributed by atoms with van der Waals surface area (Å²) in [5, 5.41) is 0. The van der Waals surface area contributed by atoms with Gasteiger partial charge < -0.3 is 4.74 Å². The average molecular weight is 256 g/mol. The van der Waals surface area contributed by atoms with Crippen molar-refractivity contribution in [2.24, 2.45) is 0 Å². The number of hydrogen-bond donors (Lipinski definition) is 0. The molecule has 0 saturated carbocycles. The summed E-state index contributed by atoms with van der Waals surface area (Å²) < 4.78 is 5.26. The zero-order valence-electron chi connectivity index (χ0n) is 12.0. The van der Waals surface area contributed by atoms with Crippen molar-refractivity contribution in [3.05, 3.63) is 53.1 Å². The SMILES string of the molecule is CC1=C(/C=C/C(=O)OC(C)(C)C)Cc2ccccc21. The largest absolute Gasteiger partial charge is 0.457 e. The van der Waals surface area contributed by atoms with Crippen molar-refractivity contribution in [1.29, 1.82) is 0 Å². The molecule has 0 aliphatic heterocycles. The number of allylic oxidation sites excluding steroid dienone is 3. The number of carbonyl (C=O) groups is 1. The fourth-order valence-corrected chi connectivity index (χ4v) is 2.24. The van der Waals surface area contributed by atoms with E-state index in [4.69, 9.17) is 4.74 Å². The molecular formula is C17H20O2. The molecule has 0 fully saturated rings. The predicted octanol–water partition coefficient (Wildman–Crippen LogP) is 3.91. The van der Waals surface area contributed by atoms with Gasteiger partial charge in [0.15, 0.2) is 0 Å². The van der Waals surface area contributed by atoms with Gasteiger partial charge in [-0.1, -0.05) is 30.3 Å². The lowest BCUT2D eigenvalue weighted by Crippen LogP contribution is -2.22. The molecule has 0 saturated heterocycles. The minimum atomic E-state index is -0.441. The van der Waals surface area contributed by atoms with Gasteiger partial charge in [0.1, 0.15) is 5.60 Å². The van der Waals surface area contributed by atoms with E-state index in [1.807, 2.05) is 39.0 Å². The molecule has 100 valence electrons. The van der Waals surface area contributed by atoms with Gasteiger partial charge in [-0.25, -0.2) is 4.79 Å². The Bertz CT molecular complexity index is 557. The third-order valence-corrected chi connectivity index (χ3v) is 3.11. The summed E-state index contributed by atoms with van der Waals surface area (Å²) in [5.41, 5.74) is 4.60. The molecule has 0 bridgehead atoms. The van der Waals surface area contributed by atoms with Crippen molar-refractivity contribution in [2.75, 3.05) is 0 Å². The van der Waals surface area contributed by atoms with Crippen molar-refractivity contribution < 1.29 is 9.53 Å². The molecule has 1 aliphatic rings. The minimum absolute atomic E-state index is 0.288. The van der Waals surface area contributed by atoms with E-state index in [-0.39, 0.29) is 5.97 Å². The minimum Gasteiger partial charge on any atom is -0.457 e. The molecule has 0 atom stereocenters. The van der Waals surface area contributed by atoms with Crippen LogP contribution in [0.2, 0.25) is 0 Å². The molecule has 0 aromatic heterocycles. The topological polar surface area (TPSA) is 26.3 Å². The third-order valence-electron chi connectivity index (χ3n) is 3.11. The lowest BCUT2D eigenvalue weighted by molar-refractivity contribution is -0.148. The van der Waals surface area contributed by atoms with Crippen LogP contribution in [0.4, 0.5) is 0 Å². The molecule has 2 rings (SSSR count). The molecule has 1 aromatic carbocycles. The van der Waals surface area contributed by atoms with Gasteiger partial charge in [0.05, 0.1) is 0 Å². The summed E-state index contributed by atoms with van der Waals surface area (Å²) in [4.78, 5) is 11.7. The zero-order valence-corrected chi connectivity index (χ0v) is 12.0. The van der Waals surface area contributed by atoms with Crippen LogP contribution in [0.1, 0.15) is 38.8 Å². The normalized spacial score (nSPS) is 14.9. The molecule has 1 aromatic rings. The monoisotopic (exact) mass is 256 g/mol. The highest BCUT2D eigenvalue weighted by atomic mass is 16.6. The smallest absolute Gasteiger partial charge is 0.331 e. The van der Waals surface area contributed by atoms with Gasteiger partial charge in [0.2, 0.25) is 0 Å². The lowest BCUT2D eigenvalue weighted by atomic mass is 10.1. The van der Waals surface area contributed by atoms with E-state index >= 15 is 0 Å². The van der Waals surface area contributed by atoms with Gasteiger partial charge in [-0.05, 0) is 56.4 Å².